The summed E-state index contributed by atoms with van der Waals surface area (Å²) in [5, 5.41) is 3.65. The highest BCUT2D eigenvalue weighted by Gasteiger charge is 2.01. The van der Waals surface area contributed by atoms with Crippen LogP contribution in [0.2, 0.25) is 0 Å². The fraction of sp³-hybridized carbons (Fsp3) is 0.273. The van der Waals surface area contributed by atoms with Crippen molar-refractivity contribution in [1.82, 2.24) is 10.1 Å². The average molecular weight is 188 g/mol. The van der Waals surface area contributed by atoms with Crippen LogP contribution < -0.4 is 0 Å². The Morgan fingerprint density at radius 1 is 1.29 bits per heavy atom. The van der Waals surface area contributed by atoms with Crippen molar-refractivity contribution in [2.75, 3.05) is 0 Å². The van der Waals surface area contributed by atoms with E-state index in [1.165, 1.54) is 0 Å². The van der Waals surface area contributed by atoms with Crippen molar-refractivity contribution in [1.29, 1.82) is 0 Å². The van der Waals surface area contributed by atoms with Gasteiger partial charge in [0.05, 0.1) is 6.20 Å². The van der Waals surface area contributed by atoms with Gasteiger partial charge in [0.2, 0.25) is 0 Å². The van der Waals surface area contributed by atoms with Gasteiger partial charge in [0.1, 0.15) is 0 Å². The molecule has 0 fully saturated rings. The lowest BCUT2D eigenvalue weighted by Gasteiger charge is -1.98. The van der Waals surface area contributed by atoms with Gasteiger partial charge in [-0.25, -0.2) is 0 Å². The second-order valence-corrected chi connectivity index (χ2v) is 3.16. The quantitative estimate of drug-likeness (QED) is 0.743. The van der Waals surface area contributed by atoms with E-state index in [-0.39, 0.29) is 0 Å². The van der Waals surface area contributed by atoms with E-state index in [2.05, 4.69) is 17.1 Å². The Balaban J connectivity index is 2.22. The van der Waals surface area contributed by atoms with Crippen LogP contribution in [0.1, 0.15) is 19.0 Å². The summed E-state index contributed by atoms with van der Waals surface area (Å²) in [6.07, 6.45) is 5.60. The Kier molecular flexibility index (Phi) is 2.58. The van der Waals surface area contributed by atoms with E-state index in [0.717, 1.165) is 29.9 Å². The van der Waals surface area contributed by atoms with E-state index in [9.17, 15) is 0 Å². The summed E-state index contributed by atoms with van der Waals surface area (Å²) >= 11 is 0. The van der Waals surface area contributed by atoms with E-state index in [0.29, 0.717) is 0 Å². The summed E-state index contributed by atoms with van der Waals surface area (Å²) in [6.45, 7) is 2.14. The molecule has 2 heterocycles. The monoisotopic (exact) mass is 188 g/mol. The van der Waals surface area contributed by atoms with Crippen LogP contribution in [0.15, 0.2) is 35.1 Å². The second kappa shape index (κ2) is 4.05. The summed E-state index contributed by atoms with van der Waals surface area (Å²) in [6, 6.07) is 5.87. The van der Waals surface area contributed by atoms with Crippen molar-refractivity contribution >= 4 is 0 Å². The standard InChI is InChI=1S/C11H12N2O/c1-2-3-10-5-4-9(8-12-10)11-6-7-13-14-11/h4-8H,2-3H2,1H3. The first-order valence-electron chi connectivity index (χ1n) is 4.76. The van der Waals surface area contributed by atoms with Crippen LogP contribution in [0.3, 0.4) is 0 Å². The molecule has 2 rings (SSSR count). The highest BCUT2D eigenvalue weighted by molar-refractivity contribution is 5.54. The SMILES string of the molecule is CCCc1ccc(-c2ccno2)cn1. The molecule has 0 unspecified atom stereocenters. The van der Waals surface area contributed by atoms with Crippen molar-refractivity contribution in [3.63, 3.8) is 0 Å². The van der Waals surface area contributed by atoms with Gasteiger partial charge in [-0.15, -0.1) is 0 Å². The molecule has 2 aromatic heterocycles. The van der Waals surface area contributed by atoms with Crippen molar-refractivity contribution in [3.05, 3.63) is 36.3 Å². The minimum atomic E-state index is 0.764. The first-order chi connectivity index (χ1) is 6.90. The maximum Gasteiger partial charge on any atom is 0.168 e. The van der Waals surface area contributed by atoms with Crippen LogP contribution in [-0.2, 0) is 6.42 Å². The minimum Gasteiger partial charge on any atom is -0.356 e. The number of pyridine rings is 1. The molecule has 0 amide bonds. The number of aryl methyl sites for hydroxylation is 1. The fourth-order valence-corrected chi connectivity index (χ4v) is 1.34. The first-order valence-corrected chi connectivity index (χ1v) is 4.76. The highest BCUT2D eigenvalue weighted by atomic mass is 16.5. The molecule has 0 radical (unpaired) electrons. The molecule has 0 N–H and O–H groups in total. The van der Waals surface area contributed by atoms with Crippen LogP contribution in [0, 0.1) is 0 Å². The maximum atomic E-state index is 5.03. The highest BCUT2D eigenvalue weighted by Crippen LogP contribution is 2.17. The molecule has 72 valence electrons. The maximum absolute atomic E-state index is 5.03. The number of hydrogen-bond donors (Lipinski definition) is 0. The summed E-state index contributed by atoms with van der Waals surface area (Å²) in [4.78, 5) is 4.34. The molecule has 0 aliphatic carbocycles. The zero-order valence-electron chi connectivity index (χ0n) is 8.10. The number of rotatable bonds is 3. The molecule has 2 aromatic rings. The molecule has 14 heavy (non-hydrogen) atoms. The first kappa shape index (κ1) is 8.94. The number of hydrogen-bond acceptors (Lipinski definition) is 3. The van der Waals surface area contributed by atoms with Gasteiger partial charge >= 0.3 is 0 Å². The number of nitrogens with zero attached hydrogens (tertiary/aromatic N) is 2. The Hall–Kier alpha value is -1.64. The molecule has 0 saturated heterocycles. The molecule has 3 heteroatoms. The topological polar surface area (TPSA) is 38.9 Å². The van der Waals surface area contributed by atoms with Crippen LogP contribution in [0.5, 0.6) is 0 Å². The zero-order chi connectivity index (χ0) is 9.80. The normalized spacial score (nSPS) is 10.4. The lowest BCUT2D eigenvalue weighted by atomic mass is 10.2. The molecule has 0 aromatic carbocycles. The minimum absolute atomic E-state index is 0.764. The van der Waals surface area contributed by atoms with Gasteiger partial charge in [0, 0.05) is 23.5 Å². The van der Waals surface area contributed by atoms with Crippen molar-refractivity contribution in [3.8, 4) is 11.3 Å². The van der Waals surface area contributed by atoms with E-state index >= 15 is 0 Å². The Labute approximate surface area is 82.8 Å². The molecular formula is C11H12N2O. The molecule has 3 nitrogen and oxygen atoms in total. The van der Waals surface area contributed by atoms with E-state index in [4.69, 9.17) is 4.52 Å². The molecule has 0 saturated carbocycles. The van der Waals surface area contributed by atoms with Gasteiger partial charge in [-0.05, 0) is 18.6 Å². The van der Waals surface area contributed by atoms with E-state index in [1.807, 2.05) is 24.4 Å². The van der Waals surface area contributed by atoms with Gasteiger partial charge in [-0.1, -0.05) is 18.5 Å². The average Bonchev–Trinajstić information content (AvgIpc) is 2.72. The third-order valence-electron chi connectivity index (χ3n) is 2.05. The molecular weight excluding hydrogens is 176 g/mol. The third-order valence-corrected chi connectivity index (χ3v) is 2.05. The number of aromatic nitrogens is 2. The van der Waals surface area contributed by atoms with Gasteiger partial charge in [0.15, 0.2) is 5.76 Å². The van der Waals surface area contributed by atoms with Crippen LogP contribution in [0.4, 0.5) is 0 Å². The Morgan fingerprint density at radius 2 is 2.21 bits per heavy atom. The van der Waals surface area contributed by atoms with Crippen molar-refractivity contribution in [2.24, 2.45) is 0 Å². The molecule has 0 spiro atoms. The summed E-state index contributed by atoms with van der Waals surface area (Å²) in [5.74, 6) is 0.764. The van der Waals surface area contributed by atoms with Gasteiger partial charge in [-0.3, -0.25) is 4.98 Å². The van der Waals surface area contributed by atoms with Gasteiger partial charge < -0.3 is 4.52 Å². The van der Waals surface area contributed by atoms with E-state index < -0.39 is 0 Å². The fourth-order valence-electron chi connectivity index (χ4n) is 1.34. The molecule has 0 aliphatic heterocycles. The molecule has 0 atom stereocenters. The summed E-state index contributed by atoms with van der Waals surface area (Å²) in [7, 11) is 0. The van der Waals surface area contributed by atoms with Gasteiger partial charge in [0.25, 0.3) is 0 Å². The Morgan fingerprint density at radius 3 is 2.79 bits per heavy atom. The van der Waals surface area contributed by atoms with Gasteiger partial charge in [-0.2, -0.15) is 0 Å². The smallest absolute Gasteiger partial charge is 0.168 e. The van der Waals surface area contributed by atoms with Crippen LogP contribution in [-0.4, -0.2) is 10.1 Å². The van der Waals surface area contributed by atoms with Crippen LogP contribution in [0.25, 0.3) is 11.3 Å². The lowest BCUT2D eigenvalue weighted by molar-refractivity contribution is 0.432. The Bertz CT molecular complexity index is 378. The van der Waals surface area contributed by atoms with Crippen molar-refractivity contribution in [2.45, 2.75) is 19.8 Å². The predicted molar refractivity (Wildman–Crippen MR) is 53.7 cm³/mol. The molecule has 0 aliphatic rings. The summed E-state index contributed by atoms with van der Waals surface area (Å²) in [5.41, 5.74) is 2.10. The van der Waals surface area contributed by atoms with Crippen LogP contribution >= 0.6 is 0 Å². The predicted octanol–water partition coefficient (Wildman–Crippen LogP) is 2.69. The van der Waals surface area contributed by atoms with E-state index in [1.54, 1.807) is 6.20 Å². The third kappa shape index (κ3) is 1.82. The second-order valence-electron chi connectivity index (χ2n) is 3.16. The molecule has 0 bridgehead atoms. The zero-order valence-corrected chi connectivity index (χ0v) is 8.10. The largest absolute Gasteiger partial charge is 0.356 e. The summed E-state index contributed by atoms with van der Waals surface area (Å²) < 4.78 is 5.03. The lowest BCUT2D eigenvalue weighted by Crippen LogP contribution is -1.88. The van der Waals surface area contributed by atoms with Crippen molar-refractivity contribution < 1.29 is 4.52 Å².